The highest BCUT2D eigenvalue weighted by atomic mass is 16.3. The zero-order valence-electron chi connectivity index (χ0n) is 9.68. The van der Waals surface area contributed by atoms with E-state index in [2.05, 4.69) is 24.3 Å². The van der Waals surface area contributed by atoms with Gasteiger partial charge in [0, 0.05) is 18.4 Å². The van der Waals surface area contributed by atoms with Gasteiger partial charge in [-0.2, -0.15) is 5.10 Å². The molecule has 0 saturated heterocycles. The molecule has 86 valence electrons. The highest BCUT2D eigenvalue weighted by Gasteiger charge is 2.05. The van der Waals surface area contributed by atoms with Crippen LogP contribution in [0.2, 0.25) is 0 Å². The number of rotatable bonds is 5. The van der Waals surface area contributed by atoms with Crippen LogP contribution in [0.25, 0.3) is 0 Å². The van der Waals surface area contributed by atoms with Crippen molar-refractivity contribution >= 4 is 0 Å². The average molecular weight is 219 g/mol. The maximum Gasteiger partial charge on any atom is 0.120 e. The minimum absolute atomic E-state index is 0.365. The van der Waals surface area contributed by atoms with Crippen molar-refractivity contribution in [2.45, 2.75) is 33.0 Å². The van der Waals surface area contributed by atoms with Crippen molar-refractivity contribution < 1.29 is 4.42 Å². The Morgan fingerprint density at radius 3 is 3.06 bits per heavy atom. The summed E-state index contributed by atoms with van der Waals surface area (Å²) in [5.74, 6) is 1.01. The molecule has 0 aliphatic rings. The monoisotopic (exact) mass is 219 g/mol. The highest BCUT2D eigenvalue weighted by Crippen LogP contribution is 2.08. The van der Waals surface area contributed by atoms with Crippen LogP contribution in [-0.4, -0.2) is 15.8 Å². The van der Waals surface area contributed by atoms with Crippen molar-refractivity contribution in [3.05, 3.63) is 42.1 Å². The third-order valence-electron chi connectivity index (χ3n) is 2.60. The number of furan rings is 1. The van der Waals surface area contributed by atoms with Gasteiger partial charge in [0.1, 0.15) is 5.76 Å². The van der Waals surface area contributed by atoms with E-state index in [9.17, 15) is 0 Å². The van der Waals surface area contributed by atoms with Gasteiger partial charge in [0.15, 0.2) is 0 Å². The number of nitrogens with zero attached hydrogens (tertiary/aromatic N) is 2. The van der Waals surface area contributed by atoms with E-state index in [0.717, 1.165) is 18.8 Å². The standard InChI is InChI=1S/C12H17N3O/c1-10-4-7-16-12(10)8-13-11(2)9-15-6-3-5-14-15/h3-7,11,13H,8-9H2,1-2H3. The van der Waals surface area contributed by atoms with E-state index in [1.54, 1.807) is 12.5 Å². The van der Waals surface area contributed by atoms with Crippen molar-refractivity contribution in [3.8, 4) is 0 Å². The second kappa shape index (κ2) is 4.99. The van der Waals surface area contributed by atoms with Crippen LogP contribution >= 0.6 is 0 Å². The second-order valence-electron chi connectivity index (χ2n) is 4.04. The summed E-state index contributed by atoms with van der Waals surface area (Å²) < 4.78 is 7.29. The Hall–Kier alpha value is -1.55. The number of hydrogen-bond donors (Lipinski definition) is 1. The van der Waals surface area contributed by atoms with E-state index >= 15 is 0 Å². The van der Waals surface area contributed by atoms with E-state index in [1.807, 2.05) is 23.0 Å². The van der Waals surface area contributed by atoms with Gasteiger partial charge in [-0.3, -0.25) is 4.68 Å². The Bertz CT molecular complexity index is 419. The van der Waals surface area contributed by atoms with E-state index in [1.165, 1.54) is 5.56 Å². The van der Waals surface area contributed by atoms with Crippen LogP contribution in [0.1, 0.15) is 18.2 Å². The predicted molar refractivity (Wildman–Crippen MR) is 62.0 cm³/mol. The van der Waals surface area contributed by atoms with Crippen LogP contribution in [0.15, 0.2) is 35.2 Å². The molecule has 4 heteroatoms. The summed E-state index contributed by atoms with van der Waals surface area (Å²) in [6, 6.07) is 4.28. The Morgan fingerprint density at radius 1 is 1.56 bits per heavy atom. The van der Waals surface area contributed by atoms with Crippen LogP contribution in [0.4, 0.5) is 0 Å². The molecule has 0 bridgehead atoms. The molecule has 4 nitrogen and oxygen atoms in total. The number of aryl methyl sites for hydroxylation is 1. The molecule has 0 amide bonds. The Balaban J connectivity index is 1.80. The molecule has 0 saturated carbocycles. The van der Waals surface area contributed by atoms with Crippen molar-refractivity contribution in [2.75, 3.05) is 0 Å². The summed E-state index contributed by atoms with van der Waals surface area (Å²) in [7, 11) is 0. The number of aromatic nitrogens is 2. The summed E-state index contributed by atoms with van der Waals surface area (Å²) in [6.07, 6.45) is 5.49. The summed E-state index contributed by atoms with van der Waals surface area (Å²) in [5.41, 5.74) is 1.19. The van der Waals surface area contributed by atoms with Gasteiger partial charge in [-0.1, -0.05) is 0 Å². The zero-order valence-corrected chi connectivity index (χ0v) is 9.68. The van der Waals surface area contributed by atoms with Gasteiger partial charge in [0.25, 0.3) is 0 Å². The van der Waals surface area contributed by atoms with E-state index in [0.29, 0.717) is 6.04 Å². The van der Waals surface area contributed by atoms with Gasteiger partial charge in [0.2, 0.25) is 0 Å². The second-order valence-corrected chi connectivity index (χ2v) is 4.04. The van der Waals surface area contributed by atoms with Crippen LogP contribution in [0.3, 0.4) is 0 Å². The number of hydrogen-bond acceptors (Lipinski definition) is 3. The molecular weight excluding hydrogens is 202 g/mol. The molecule has 16 heavy (non-hydrogen) atoms. The Morgan fingerprint density at radius 2 is 2.44 bits per heavy atom. The Labute approximate surface area is 95.3 Å². The molecule has 0 radical (unpaired) electrons. The molecule has 0 aliphatic heterocycles. The smallest absolute Gasteiger partial charge is 0.120 e. The summed E-state index contributed by atoms with van der Waals surface area (Å²) in [4.78, 5) is 0. The minimum atomic E-state index is 0.365. The molecule has 2 aromatic heterocycles. The summed E-state index contributed by atoms with van der Waals surface area (Å²) in [6.45, 7) is 5.83. The average Bonchev–Trinajstić information content (AvgIpc) is 2.87. The van der Waals surface area contributed by atoms with Crippen LogP contribution in [0.5, 0.6) is 0 Å². The largest absolute Gasteiger partial charge is 0.468 e. The molecule has 1 N–H and O–H groups in total. The molecule has 1 atom stereocenters. The van der Waals surface area contributed by atoms with E-state index in [4.69, 9.17) is 4.42 Å². The van der Waals surface area contributed by atoms with E-state index in [-0.39, 0.29) is 0 Å². The third-order valence-corrected chi connectivity index (χ3v) is 2.60. The summed E-state index contributed by atoms with van der Waals surface area (Å²) >= 11 is 0. The zero-order chi connectivity index (χ0) is 11.4. The lowest BCUT2D eigenvalue weighted by atomic mass is 10.2. The lowest BCUT2D eigenvalue weighted by Crippen LogP contribution is -2.30. The van der Waals surface area contributed by atoms with Crippen molar-refractivity contribution in [3.63, 3.8) is 0 Å². The summed E-state index contributed by atoms with van der Waals surface area (Å²) in [5, 5.41) is 7.58. The molecule has 0 fully saturated rings. The van der Waals surface area contributed by atoms with Gasteiger partial charge in [0.05, 0.1) is 19.4 Å². The highest BCUT2D eigenvalue weighted by molar-refractivity contribution is 5.14. The maximum atomic E-state index is 5.36. The molecule has 0 aromatic carbocycles. The first-order chi connectivity index (χ1) is 7.75. The lowest BCUT2D eigenvalue weighted by Gasteiger charge is -2.13. The van der Waals surface area contributed by atoms with Crippen LogP contribution < -0.4 is 5.32 Å². The predicted octanol–water partition coefficient (Wildman–Crippen LogP) is 1.96. The first-order valence-electron chi connectivity index (χ1n) is 5.49. The maximum absolute atomic E-state index is 5.36. The lowest BCUT2D eigenvalue weighted by molar-refractivity contribution is 0.414. The minimum Gasteiger partial charge on any atom is -0.468 e. The fourth-order valence-electron chi connectivity index (χ4n) is 1.61. The van der Waals surface area contributed by atoms with Crippen LogP contribution in [-0.2, 0) is 13.1 Å². The number of nitrogens with one attached hydrogen (secondary N) is 1. The quantitative estimate of drug-likeness (QED) is 0.836. The third kappa shape index (κ3) is 2.73. The molecule has 2 rings (SSSR count). The molecule has 0 aliphatic carbocycles. The fourth-order valence-corrected chi connectivity index (χ4v) is 1.61. The first kappa shape index (κ1) is 11.0. The van der Waals surface area contributed by atoms with Crippen molar-refractivity contribution in [1.29, 1.82) is 0 Å². The normalized spacial score (nSPS) is 12.9. The molecule has 2 heterocycles. The van der Waals surface area contributed by atoms with Crippen molar-refractivity contribution in [2.24, 2.45) is 0 Å². The van der Waals surface area contributed by atoms with Gasteiger partial charge >= 0.3 is 0 Å². The van der Waals surface area contributed by atoms with E-state index < -0.39 is 0 Å². The Kier molecular flexibility index (Phi) is 3.41. The van der Waals surface area contributed by atoms with Gasteiger partial charge in [-0.05, 0) is 31.5 Å². The molecule has 0 spiro atoms. The van der Waals surface area contributed by atoms with Gasteiger partial charge < -0.3 is 9.73 Å². The van der Waals surface area contributed by atoms with Gasteiger partial charge in [-0.15, -0.1) is 0 Å². The SMILES string of the molecule is Cc1ccoc1CNC(C)Cn1cccn1. The van der Waals surface area contributed by atoms with Crippen molar-refractivity contribution in [1.82, 2.24) is 15.1 Å². The fraction of sp³-hybridized carbons (Fsp3) is 0.417. The first-order valence-corrected chi connectivity index (χ1v) is 5.49. The molecule has 2 aromatic rings. The van der Waals surface area contributed by atoms with Crippen LogP contribution in [0, 0.1) is 6.92 Å². The topological polar surface area (TPSA) is 43.0 Å². The molecular formula is C12H17N3O. The molecule has 1 unspecified atom stereocenters. The van der Waals surface area contributed by atoms with Gasteiger partial charge in [-0.25, -0.2) is 0 Å².